The summed E-state index contributed by atoms with van der Waals surface area (Å²) in [5, 5.41) is 3.98. The standard InChI is InChI=1S/C20H26N2O4/c1-5-25-18(23)12-6-8-16-14(10-12)15-11-13(7-9-17(15)22-16)21-19(24)26-20(2,3)4/h6,8,10,13,22H,5,7,9,11H2,1-4H3,(H,21,24). The van der Waals surface area contributed by atoms with Gasteiger partial charge in [0, 0.05) is 22.6 Å². The first-order valence-corrected chi connectivity index (χ1v) is 9.07. The molecule has 1 unspecified atom stereocenters. The number of aromatic nitrogens is 1. The third-order valence-electron chi connectivity index (χ3n) is 4.42. The van der Waals surface area contributed by atoms with Crippen LogP contribution in [0.25, 0.3) is 10.9 Å². The Morgan fingerprint density at radius 2 is 2.08 bits per heavy atom. The van der Waals surface area contributed by atoms with Crippen molar-refractivity contribution in [2.75, 3.05) is 6.61 Å². The van der Waals surface area contributed by atoms with Gasteiger partial charge in [0.15, 0.2) is 0 Å². The van der Waals surface area contributed by atoms with Gasteiger partial charge >= 0.3 is 12.1 Å². The number of amides is 1. The number of rotatable bonds is 3. The lowest BCUT2D eigenvalue weighted by Gasteiger charge is -2.26. The van der Waals surface area contributed by atoms with E-state index < -0.39 is 11.7 Å². The lowest BCUT2D eigenvalue weighted by atomic mass is 9.91. The van der Waals surface area contributed by atoms with Crippen LogP contribution in [0.1, 0.15) is 55.7 Å². The van der Waals surface area contributed by atoms with Crippen LogP contribution >= 0.6 is 0 Å². The monoisotopic (exact) mass is 358 g/mol. The molecule has 1 atom stereocenters. The highest BCUT2D eigenvalue weighted by molar-refractivity contribution is 5.96. The average Bonchev–Trinajstić information content (AvgIpc) is 2.90. The number of aromatic amines is 1. The number of hydrogen-bond donors (Lipinski definition) is 2. The average molecular weight is 358 g/mol. The van der Waals surface area contributed by atoms with Crippen molar-refractivity contribution in [3.63, 3.8) is 0 Å². The minimum Gasteiger partial charge on any atom is -0.462 e. The van der Waals surface area contributed by atoms with E-state index in [0.29, 0.717) is 18.6 Å². The second-order valence-electron chi connectivity index (χ2n) is 7.65. The summed E-state index contributed by atoms with van der Waals surface area (Å²) in [5.41, 5.74) is 3.35. The lowest BCUT2D eigenvalue weighted by molar-refractivity contribution is 0.0496. The van der Waals surface area contributed by atoms with Gasteiger partial charge in [-0.1, -0.05) is 0 Å². The number of alkyl carbamates (subject to hydrolysis) is 1. The van der Waals surface area contributed by atoms with Gasteiger partial charge in [0.05, 0.1) is 12.2 Å². The summed E-state index contributed by atoms with van der Waals surface area (Å²) in [6, 6.07) is 5.58. The molecule has 2 aromatic rings. The van der Waals surface area contributed by atoms with Gasteiger partial charge in [-0.25, -0.2) is 9.59 Å². The summed E-state index contributed by atoms with van der Waals surface area (Å²) in [7, 11) is 0. The van der Waals surface area contributed by atoms with Crippen molar-refractivity contribution in [2.45, 2.75) is 58.6 Å². The lowest BCUT2D eigenvalue weighted by Crippen LogP contribution is -2.41. The molecular formula is C20H26N2O4. The van der Waals surface area contributed by atoms with Gasteiger partial charge in [-0.05, 0) is 70.7 Å². The van der Waals surface area contributed by atoms with E-state index in [0.717, 1.165) is 29.3 Å². The summed E-state index contributed by atoms with van der Waals surface area (Å²) in [4.78, 5) is 27.5. The molecule has 0 radical (unpaired) electrons. The fraction of sp³-hybridized carbons (Fsp3) is 0.500. The molecule has 1 amide bonds. The largest absolute Gasteiger partial charge is 0.462 e. The van der Waals surface area contributed by atoms with Crippen molar-refractivity contribution in [1.29, 1.82) is 0 Å². The number of carbonyl (C=O) groups is 2. The van der Waals surface area contributed by atoms with E-state index >= 15 is 0 Å². The quantitative estimate of drug-likeness (QED) is 0.820. The Hall–Kier alpha value is -2.50. The number of H-pyrrole nitrogens is 1. The molecule has 0 fully saturated rings. The van der Waals surface area contributed by atoms with E-state index in [1.54, 1.807) is 13.0 Å². The number of fused-ring (bicyclic) bond motifs is 3. The van der Waals surface area contributed by atoms with Crippen LogP contribution in [0.3, 0.4) is 0 Å². The fourth-order valence-electron chi connectivity index (χ4n) is 3.36. The normalized spacial score (nSPS) is 16.8. The van der Waals surface area contributed by atoms with Crippen molar-refractivity contribution in [3.8, 4) is 0 Å². The first-order chi connectivity index (χ1) is 12.3. The Morgan fingerprint density at radius 1 is 1.31 bits per heavy atom. The smallest absolute Gasteiger partial charge is 0.407 e. The fourth-order valence-corrected chi connectivity index (χ4v) is 3.36. The maximum Gasteiger partial charge on any atom is 0.407 e. The summed E-state index contributed by atoms with van der Waals surface area (Å²) in [5.74, 6) is -0.316. The maximum absolute atomic E-state index is 12.1. The van der Waals surface area contributed by atoms with Crippen molar-refractivity contribution in [3.05, 3.63) is 35.0 Å². The molecule has 0 aliphatic heterocycles. The Kier molecular flexibility index (Phi) is 4.94. The van der Waals surface area contributed by atoms with Gasteiger partial charge in [-0.15, -0.1) is 0 Å². The van der Waals surface area contributed by atoms with Crippen LogP contribution in [0.4, 0.5) is 4.79 Å². The van der Waals surface area contributed by atoms with E-state index in [1.165, 1.54) is 5.69 Å². The molecule has 140 valence electrons. The zero-order valence-corrected chi connectivity index (χ0v) is 15.8. The highest BCUT2D eigenvalue weighted by atomic mass is 16.6. The highest BCUT2D eigenvalue weighted by Crippen LogP contribution is 2.30. The summed E-state index contributed by atoms with van der Waals surface area (Å²) in [6.07, 6.45) is 2.02. The minimum absolute atomic E-state index is 0.0163. The minimum atomic E-state index is -0.515. The molecule has 1 aliphatic carbocycles. The number of aryl methyl sites for hydroxylation is 1. The number of benzene rings is 1. The molecule has 2 N–H and O–H groups in total. The predicted molar refractivity (Wildman–Crippen MR) is 99.4 cm³/mol. The molecule has 3 rings (SSSR count). The van der Waals surface area contributed by atoms with Crippen LogP contribution in [-0.4, -0.2) is 35.3 Å². The molecule has 26 heavy (non-hydrogen) atoms. The molecule has 0 saturated carbocycles. The van der Waals surface area contributed by atoms with Gasteiger partial charge in [0.25, 0.3) is 0 Å². The van der Waals surface area contributed by atoms with Crippen molar-refractivity contribution >= 4 is 23.0 Å². The van der Waals surface area contributed by atoms with Crippen LogP contribution in [0, 0.1) is 0 Å². The van der Waals surface area contributed by atoms with E-state index in [2.05, 4.69) is 10.3 Å². The summed E-state index contributed by atoms with van der Waals surface area (Å²) in [6.45, 7) is 7.69. The van der Waals surface area contributed by atoms with E-state index in [4.69, 9.17) is 9.47 Å². The Morgan fingerprint density at radius 3 is 2.77 bits per heavy atom. The van der Waals surface area contributed by atoms with Crippen LogP contribution in [0.2, 0.25) is 0 Å². The molecule has 6 heteroatoms. The van der Waals surface area contributed by atoms with E-state index in [9.17, 15) is 9.59 Å². The number of hydrogen-bond acceptors (Lipinski definition) is 4. The molecule has 1 aliphatic rings. The Bertz CT molecular complexity index is 832. The molecule has 1 heterocycles. The number of nitrogens with one attached hydrogen (secondary N) is 2. The van der Waals surface area contributed by atoms with Gasteiger partial charge in [-0.3, -0.25) is 0 Å². The predicted octanol–water partition coefficient (Wildman–Crippen LogP) is 3.73. The second-order valence-corrected chi connectivity index (χ2v) is 7.65. The topological polar surface area (TPSA) is 80.4 Å². The van der Waals surface area contributed by atoms with Crippen molar-refractivity contribution in [2.24, 2.45) is 0 Å². The van der Waals surface area contributed by atoms with Gasteiger partial charge in [0.1, 0.15) is 5.60 Å². The number of ether oxygens (including phenoxy) is 2. The van der Waals surface area contributed by atoms with E-state index in [-0.39, 0.29) is 12.0 Å². The van der Waals surface area contributed by atoms with Gasteiger partial charge in [0.2, 0.25) is 0 Å². The third kappa shape index (κ3) is 4.00. The molecule has 6 nitrogen and oxygen atoms in total. The van der Waals surface area contributed by atoms with Crippen LogP contribution in [-0.2, 0) is 22.3 Å². The van der Waals surface area contributed by atoms with Crippen molar-refractivity contribution in [1.82, 2.24) is 10.3 Å². The van der Waals surface area contributed by atoms with Crippen molar-refractivity contribution < 1.29 is 19.1 Å². The Labute approximate surface area is 153 Å². The summed E-state index contributed by atoms with van der Waals surface area (Å²) < 4.78 is 10.5. The molecule has 0 saturated heterocycles. The van der Waals surface area contributed by atoms with Crippen LogP contribution in [0.5, 0.6) is 0 Å². The van der Waals surface area contributed by atoms with Gasteiger partial charge in [-0.2, -0.15) is 0 Å². The second kappa shape index (κ2) is 7.02. The zero-order valence-electron chi connectivity index (χ0n) is 15.8. The molecule has 1 aromatic carbocycles. The molecular weight excluding hydrogens is 332 g/mol. The van der Waals surface area contributed by atoms with Crippen LogP contribution < -0.4 is 5.32 Å². The maximum atomic E-state index is 12.1. The SMILES string of the molecule is CCOC(=O)c1ccc2[nH]c3c(c2c1)CC(NC(=O)OC(C)(C)C)CC3. The first kappa shape index (κ1) is 18.3. The van der Waals surface area contributed by atoms with Crippen LogP contribution in [0.15, 0.2) is 18.2 Å². The Balaban J connectivity index is 1.80. The molecule has 1 aromatic heterocycles. The zero-order chi connectivity index (χ0) is 18.9. The highest BCUT2D eigenvalue weighted by Gasteiger charge is 2.26. The van der Waals surface area contributed by atoms with Gasteiger partial charge < -0.3 is 19.8 Å². The third-order valence-corrected chi connectivity index (χ3v) is 4.42. The van der Waals surface area contributed by atoms with E-state index in [1.807, 2.05) is 32.9 Å². The molecule has 0 spiro atoms. The molecule has 0 bridgehead atoms. The first-order valence-electron chi connectivity index (χ1n) is 9.07. The number of esters is 1. The number of carbonyl (C=O) groups excluding carboxylic acids is 2. The summed E-state index contributed by atoms with van der Waals surface area (Å²) >= 11 is 0.